The molecule has 1 aliphatic rings. The highest BCUT2D eigenvalue weighted by molar-refractivity contribution is 7.73. The lowest BCUT2D eigenvalue weighted by Crippen LogP contribution is -2.38. The average molecular weight is 414 g/mol. The molecule has 0 fully saturated rings. The minimum absolute atomic E-state index is 0.152. The largest absolute Gasteiger partial charge is 0.490 e. The standard InChI is InChI=1S/C18H14N4O4S2/c1-26-13-8-7-10(9-12(13)22(24)25)15-19-16-14(17(23)20-15)28-18(27)21(16)11-5-3-2-4-6-11/h2-9,15,19H,1H3,(H,20,23). The molecular weight excluding hydrogens is 400 g/mol. The van der Waals surface area contributed by atoms with E-state index in [4.69, 9.17) is 17.0 Å². The Kier molecular flexibility index (Phi) is 4.57. The van der Waals surface area contributed by atoms with E-state index in [2.05, 4.69) is 10.6 Å². The molecule has 0 radical (unpaired) electrons. The molecule has 1 unspecified atom stereocenters. The van der Waals surface area contributed by atoms with Gasteiger partial charge in [-0.2, -0.15) is 0 Å². The normalized spacial score (nSPS) is 15.3. The highest BCUT2D eigenvalue weighted by Crippen LogP contribution is 2.36. The van der Waals surface area contributed by atoms with Crippen molar-refractivity contribution in [2.45, 2.75) is 6.17 Å². The number of nitrogens with zero attached hydrogens (tertiary/aromatic N) is 2. The summed E-state index contributed by atoms with van der Waals surface area (Å²) in [5.74, 6) is 0.427. The Labute approximate surface area is 168 Å². The van der Waals surface area contributed by atoms with Crippen LogP contribution >= 0.6 is 23.6 Å². The summed E-state index contributed by atoms with van der Waals surface area (Å²) in [5.41, 5.74) is 1.18. The predicted molar refractivity (Wildman–Crippen MR) is 108 cm³/mol. The number of methoxy groups -OCH3 is 1. The number of carbonyl (C=O) groups is 1. The Bertz CT molecular complexity index is 1140. The monoisotopic (exact) mass is 414 g/mol. The number of aromatic nitrogens is 1. The molecule has 1 amide bonds. The molecule has 10 heteroatoms. The van der Waals surface area contributed by atoms with Gasteiger partial charge in [-0.15, -0.1) is 0 Å². The number of benzene rings is 2. The number of nitrogens with one attached hydrogen (secondary N) is 2. The lowest BCUT2D eigenvalue weighted by Gasteiger charge is -2.27. The third-order valence-electron chi connectivity index (χ3n) is 4.32. The van der Waals surface area contributed by atoms with Crippen LogP contribution in [0.1, 0.15) is 21.4 Å². The fourth-order valence-electron chi connectivity index (χ4n) is 3.04. The molecule has 1 aromatic heterocycles. The van der Waals surface area contributed by atoms with Gasteiger partial charge in [0, 0.05) is 17.3 Å². The van der Waals surface area contributed by atoms with E-state index in [1.807, 2.05) is 30.3 Å². The zero-order chi connectivity index (χ0) is 19.8. The molecule has 0 bridgehead atoms. The number of hydrogen-bond donors (Lipinski definition) is 2. The molecule has 0 aliphatic carbocycles. The smallest absolute Gasteiger partial charge is 0.311 e. The molecule has 4 rings (SSSR count). The van der Waals surface area contributed by atoms with Crippen LogP contribution < -0.4 is 15.4 Å². The van der Waals surface area contributed by atoms with Crippen LogP contribution in [0.2, 0.25) is 0 Å². The van der Waals surface area contributed by atoms with Crippen molar-refractivity contribution >= 4 is 41.0 Å². The molecule has 1 atom stereocenters. The maximum atomic E-state index is 12.6. The zero-order valence-corrected chi connectivity index (χ0v) is 16.2. The molecule has 0 saturated heterocycles. The quantitative estimate of drug-likeness (QED) is 0.380. The first-order valence-electron chi connectivity index (χ1n) is 8.20. The molecule has 2 heterocycles. The number of rotatable bonds is 4. The van der Waals surface area contributed by atoms with Crippen LogP contribution in [0, 0.1) is 14.1 Å². The van der Waals surface area contributed by atoms with Gasteiger partial charge < -0.3 is 15.4 Å². The van der Waals surface area contributed by atoms with Crippen LogP contribution in [0.15, 0.2) is 48.5 Å². The Morgan fingerprint density at radius 3 is 2.64 bits per heavy atom. The van der Waals surface area contributed by atoms with E-state index < -0.39 is 11.1 Å². The maximum Gasteiger partial charge on any atom is 0.311 e. The van der Waals surface area contributed by atoms with Crippen LogP contribution in [0.3, 0.4) is 0 Å². The summed E-state index contributed by atoms with van der Waals surface area (Å²) in [6.45, 7) is 0. The second kappa shape index (κ2) is 7.06. The number of fused-ring (bicyclic) bond motifs is 1. The summed E-state index contributed by atoms with van der Waals surface area (Å²) >= 11 is 6.66. The van der Waals surface area contributed by atoms with Crippen molar-refractivity contribution in [1.29, 1.82) is 0 Å². The van der Waals surface area contributed by atoms with Crippen molar-refractivity contribution in [3.63, 3.8) is 0 Å². The third-order valence-corrected chi connectivity index (χ3v) is 5.69. The third kappa shape index (κ3) is 3.02. The number of ether oxygens (including phenoxy) is 1. The molecular formula is C18H14N4O4S2. The molecule has 28 heavy (non-hydrogen) atoms. The van der Waals surface area contributed by atoms with Crippen LogP contribution in [-0.2, 0) is 0 Å². The van der Waals surface area contributed by atoms with E-state index in [1.165, 1.54) is 30.6 Å². The second-order valence-corrected chi connectivity index (χ2v) is 7.60. The number of nitro benzene ring substituents is 1. The van der Waals surface area contributed by atoms with Crippen LogP contribution in [0.25, 0.3) is 5.69 Å². The van der Waals surface area contributed by atoms with Gasteiger partial charge in [0.15, 0.2) is 9.70 Å². The molecule has 8 nitrogen and oxygen atoms in total. The van der Waals surface area contributed by atoms with E-state index in [0.717, 1.165) is 5.69 Å². The van der Waals surface area contributed by atoms with Crippen LogP contribution in [0.5, 0.6) is 5.75 Å². The number of para-hydroxylation sites is 1. The summed E-state index contributed by atoms with van der Waals surface area (Å²) in [6, 6.07) is 14.0. The van der Waals surface area contributed by atoms with Crippen molar-refractivity contribution in [2.75, 3.05) is 12.4 Å². The number of anilines is 1. The molecule has 2 aromatic carbocycles. The minimum Gasteiger partial charge on any atom is -0.490 e. The van der Waals surface area contributed by atoms with Gasteiger partial charge in [-0.05, 0) is 30.4 Å². The Balaban J connectivity index is 1.79. The minimum atomic E-state index is -0.649. The number of thiazole rings is 1. The Hall–Kier alpha value is -3.24. The van der Waals surface area contributed by atoms with Crippen molar-refractivity contribution in [3.8, 4) is 11.4 Å². The van der Waals surface area contributed by atoms with E-state index in [-0.39, 0.29) is 17.3 Å². The van der Waals surface area contributed by atoms with Gasteiger partial charge in [0.05, 0.1) is 12.0 Å². The SMILES string of the molecule is COc1ccc(C2NC(=O)c3sc(=S)n(-c4ccccc4)c3N2)cc1[N+](=O)[O-]. The summed E-state index contributed by atoms with van der Waals surface area (Å²) in [6.07, 6.45) is -0.649. The molecule has 1 aliphatic heterocycles. The molecule has 142 valence electrons. The maximum absolute atomic E-state index is 12.6. The van der Waals surface area contributed by atoms with Crippen LogP contribution in [-0.4, -0.2) is 22.5 Å². The van der Waals surface area contributed by atoms with Crippen LogP contribution in [0.4, 0.5) is 11.5 Å². The first-order valence-corrected chi connectivity index (χ1v) is 9.43. The molecule has 0 spiro atoms. The average Bonchev–Trinajstić information content (AvgIpc) is 3.04. The highest BCUT2D eigenvalue weighted by atomic mass is 32.1. The Morgan fingerprint density at radius 2 is 1.96 bits per heavy atom. The van der Waals surface area contributed by atoms with Gasteiger partial charge in [0.2, 0.25) is 0 Å². The van der Waals surface area contributed by atoms with E-state index >= 15 is 0 Å². The summed E-state index contributed by atoms with van der Waals surface area (Å²) in [5, 5.41) is 17.4. The lowest BCUT2D eigenvalue weighted by atomic mass is 10.1. The summed E-state index contributed by atoms with van der Waals surface area (Å²) < 4.78 is 7.36. The highest BCUT2D eigenvalue weighted by Gasteiger charge is 2.31. The number of hydrogen-bond acceptors (Lipinski definition) is 7. The van der Waals surface area contributed by atoms with Gasteiger partial charge in [-0.3, -0.25) is 19.5 Å². The Morgan fingerprint density at radius 1 is 1.21 bits per heavy atom. The topological polar surface area (TPSA) is 98.4 Å². The van der Waals surface area contributed by atoms with E-state index in [1.54, 1.807) is 10.6 Å². The van der Waals surface area contributed by atoms with Crippen molar-refractivity contribution in [1.82, 2.24) is 9.88 Å². The summed E-state index contributed by atoms with van der Waals surface area (Å²) in [4.78, 5) is 23.9. The van der Waals surface area contributed by atoms with Gasteiger partial charge in [0.1, 0.15) is 16.9 Å². The lowest BCUT2D eigenvalue weighted by molar-refractivity contribution is -0.385. The van der Waals surface area contributed by atoms with E-state index in [9.17, 15) is 14.9 Å². The molecule has 0 saturated carbocycles. The summed E-state index contributed by atoms with van der Waals surface area (Å²) in [7, 11) is 1.37. The molecule has 3 aromatic rings. The first kappa shape index (κ1) is 18.1. The van der Waals surface area contributed by atoms with Gasteiger partial charge in [-0.25, -0.2) is 0 Å². The van der Waals surface area contributed by atoms with Crippen molar-refractivity contribution in [3.05, 3.63) is 73.0 Å². The zero-order valence-electron chi connectivity index (χ0n) is 14.5. The second-order valence-electron chi connectivity index (χ2n) is 5.96. The number of amides is 1. The number of carbonyl (C=O) groups excluding carboxylic acids is 1. The fraction of sp³-hybridized carbons (Fsp3) is 0.111. The van der Waals surface area contributed by atoms with Crippen molar-refractivity contribution in [2.24, 2.45) is 0 Å². The van der Waals surface area contributed by atoms with E-state index in [0.29, 0.717) is 20.2 Å². The van der Waals surface area contributed by atoms with Gasteiger partial charge in [0.25, 0.3) is 5.91 Å². The molecule has 2 N–H and O–H groups in total. The van der Waals surface area contributed by atoms with Gasteiger partial charge in [-0.1, -0.05) is 35.6 Å². The van der Waals surface area contributed by atoms with Crippen molar-refractivity contribution < 1.29 is 14.5 Å². The number of nitro groups is 1. The fourth-order valence-corrected chi connectivity index (χ4v) is 4.34. The first-order chi connectivity index (χ1) is 13.5. The van der Waals surface area contributed by atoms with Gasteiger partial charge >= 0.3 is 5.69 Å². The predicted octanol–water partition coefficient (Wildman–Crippen LogP) is 4.04.